The molecule has 0 atom stereocenters. The van der Waals surface area contributed by atoms with Crippen molar-refractivity contribution in [3.63, 3.8) is 0 Å². The quantitative estimate of drug-likeness (QED) is 0.121. The van der Waals surface area contributed by atoms with E-state index in [4.69, 9.17) is 24.9 Å². The fraction of sp³-hybridized carbons (Fsp3) is 0.0211. The highest BCUT2D eigenvalue weighted by molar-refractivity contribution is 6.41. The molecule has 150 heavy (non-hydrogen) atoms. The predicted octanol–water partition coefficient (Wildman–Crippen LogP) is 37.3. The normalized spacial score (nSPS) is 12.3. The van der Waals surface area contributed by atoms with Crippen LogP contribution >= 0.6 is 0 Å². The van der Waals surface area contributed by atoms with Gasteiger partial charge in [0.25, 0.3) is 0 Å². The second kappa shape index (κ2) is 35.4. The van der Waals surface area contributed by atoms with E-state index >= 15 is 0 Å². The van der Waals surface area contributed by atoms with Crippen LogP contribution in [0.3, 0.4) is 0 Å². The van der Waals surface area contributed by atoms with E-state index in [0.29, 0.717) is 23.3 Å². The van der Waals surface area contributed by atoms with Crippen molar-refractivity contribution in [2.24, 2.45) is 0 Å². The van der Waals surface area contributed by atoms with E-state index in [1.807, 2.05) is 72.8 Å². The molecular formula is C142H92N8. The lowest BCUT2D eigenvalue weighted by Crippen LogP contribution is -2.14. The van der Waals surface area contributed by atoms with Crippen LogP contribution in [0.5, 0.6) is 0 Å². The summed E-state index contributed by atoms with van der Waals surface area (Å²) in [6, 6.07) is 187. The third-order valence-corrected chi connectivity index (χ3v) is 31.2. The average Bonchev–Trinajstić information content (AvgIpc) is 1.52. The number of aromatic nitrogens is 8. The summed E-state index contributed by atoms with van der Waals surface area (Å²) >= 11 is 0. The first-order valence-corrected chi connectivity index (χ1v) is 51.5. The van der Waals surface area contributed by atoms with Gasteiger partial charge >= 0.3 is 0 Å². The van der Waals surface area contributed by atoms with Crippen LogP contribution < -0.4 is 0 Å². The van der Waals surface area contributed by atoms with Crippen LogP contribution in [0.25, 0.3) is 281 Å². The van der Waals surface area contributed by atoms with Crippen molar-refractivity contribution in [1.29, 1.82) is 0 Å². The molecule has 1 aliphatic rings. The van der Waals surface area contributed by atoms with Crippen LogP contribution in [0, 0.1) is 0 Å². The molecule has 5 heterocycles. The maximum atomic E-state index is 5.08. The Morgan fingerprint density at radius 1 is 0.160 bits per heavy atom. The lowest BCUT2D eigenvalue weighted by Gasteiger charge is -2.22. The topological polar surface area (TPSA) is 79.2 Å². The minimum Gasteiger partial charge on any atom is -0.309 e. The minimum absolute atomic E-state index is 0.0271. The van der Waals surface area contributed by atoms with Crippen LogP contribution in [0.1, 0.15) is 25.0 Å². The van der Waals surface area contributed by atoms with Crippen LogP contribution in [0.2, 0.25) is 0 Å². The molecule has 0 saturated carbocycles. The van der Waals surface area contributed by atoms with Crippen molar-refractivity contribution >= 4 is 162 Å². The van der Waals surface area contributed by atoms with Gasteiger partial charge in [-0.3, -0.25) is 0 Å². The van der Waals surface area contributed by atoms with Gasteiger partial charge < -0.3 is 13.7 Å². The lowest BCUT2D eigenvalue weighted by molar-refractivity contribution is 0.660. The number of benzene rings is 25. The van der Waals surface area contributed by atoms with E-state index in [-0.39, 0.29) is 5.41 Å². The summed E-state index contributed by atoms with van der Waals surface area (Å²) in [5.74, 6) is 2.66. The molecule has 0 aliphatic heterocycles. The third kappa shape index (κ3) is 14.2. The molecule has 31 rings (SSSR count). The molecule has 0 radical (unpaired) electrons. The van der Waals surface area contributed by atoms with Crippen molar-refractivity contribution in [3.8, 4) is 119 Å². The molecule has 5 aromatic heterocycles. The zero-order valence-corrected chi connectivity index (χ0v) is 82.2. The largest absolute Gasteiger partial charge is 0.309 e. The molecule has 0 saturated heterocycles. The number of hydrogen-bond acceptors (Lipinski definition) is 5. The Labute approximate surface area is 865 Å². The number of hydrogen-bond donors (Lipinski definition) is 0. The smallest absolute Gasteiger partial charge is 0.164 e. The second-order valence-corrected chi connectivity index (χ2v) is 39.8. The van der Waals surface area contributed by atoms with E-state index in [2.05, 4.69) is 476 Å². The third-order valence-electron chi connectivity index (χ3n) is 31.2. The van der Waals surface area contributed by atoms with Gasteiger partial charge in [0, 0.05) is 120 Å². The van der Waals surface area contributed by atoms with E-state index in [0.717, 1.165) is 56.1 Å². The zero-order chi connectivity index (χ0) is 99.2. The fourth-order valence-electron chi connectivity index (χ4n) is 24.3. The SMILES string of the molecule is CC1(C)c2ccccc2-c2ccc(-c3ccc(-n4c5ccccc5c5c6c7ccccc7c(-c7ccccc7)cc6c6ccccc6c54)cc3)cc21.c1ccc(-c2cc(-c3ccccc3)nc(-c3ccc(-n4c5ccccc5c5c6c7ccccc7ccc6c6ccccc6c54)cc3)n2)cc1.c1ccc(-c2nc(-c3ccccc3)nc(-c3ccc(-n4c5ccccc5c5c6c7ccccc7ccc6c6ccccc6c54)cc3)n2)cc1. The monoisotopic (exact) mass is 1910 g/mol. The van der Waals surface area contributed by atoms with Gasteiger partial charge in [-0.15, -0.1) is 0 Å². The van der Waals surface area contributed by atoms with Gasteiger partial charge in [-0.25, -0.2) is 24.9 Å². The molecule has 0 fully saturated rings. The molecule has 8 heteroatoms. The molecule has 1 aliphatic carbocycles. The highest BCUT2D eigenvalue weighted by atomic mass is 15.0. The predicted molar refractivity (Wildman–Crippen MR) is 630 cm³/mol. The summed E-state index contributed by atoms with van der Waals surface area (Å²) in [6.45, 7) is 4.71. The van der Waals surface area contributed by atoms with Gasteiger partial charge in [0.05, 0.1) is 44.5 Å². The lowest BCUT2D eigenvalue weighted by atomic mass is 9.81. The minimum atomic E-state index is -0.0271. The van der Waals surface area contributed by atoms with Crippen LogP contribution in [-0.4, -0.2) is 38.6 Å². The Morgan fingerprint density at radius 3 is 0.880 bits per heavy atom. The highest BCUT2D eigenvalue weighted by Crippen LogP contribution is 2.54. The average molecular weight is 1910 g/mol. The van der Waals surface area contributed by atoms with Crippen molar-refractivity contribution < 1.29 is 0 Å². The first-order valence-electron chi connectivity index (χ1n) is 51.5. The number of rotatable bonds is 11. The number of para-hydroxylation sites is 3. The number of fused-ring (bicyclic) bond motifs is 33. The van der Waals surface area contributed by atoms with E-state index in [9.17, 15) is 0 Å². The molecule has 0 spiro atoms. The molecule has 0 amide bonds. The van der Waals surface area contributed by atoms with Gasteiger partial charge in [0.1, 0.15) is 0 Å². The summed E-state index contributed by atoms with van der Waals surface area (Å²) in [7, 11) is 0. The standard InChI is InChI=1S/C51H35N.C46H29N3.C45H28N4/c1-51(2)45-22-12-10-18-38(45)39-29-26-34(30-46(39)51)32-24-27-35(28-25-32)52-47-23-13-11-21-42(47)49-48-40-19-8-6-16-36(40)43(33-14-4-3-5-15-33)31-44(48)37-17-7-9-20-41(37)50(49)52;1-3-14-31(15-4-1)40-29-41(32-16-5-2-6-17-32)48-46(47-40)33-23-26-34(27-24-33)49-42-22-12-11-21-39(42)44-43-35-18-8-7-13-30(35)25-28-37(43)36-19-9-10-20-38(36)45(44)49;1-3-14-30(15-4-1)43-46-44(31-16-5-2-6-17-31)48-45(47-43)32-23-26-33(27-24-32)49-39-22-12-11-21-38(39)41-40-34-18-8-7-13-29(34)25-28-36(40)35-19-9-10-20-37(35)42(41)49/h3-31H,1-2H3;1-29H;1-28H. The molecular weight excluding hydrogens is 1820 g/mol. The van der Waals surface area contributed by atoms with Crippen molar-refractivity contribution in [2.75, 3.05) is 0 Å². The molecule has 30 aromatic rings. The summed E-state index contributed by atoms with van der Waals surface area (Å²) in [6.07, 6.45) is 0. The Bertz CT molecular complexity index is 10200. The van der Waals surface area contributed by atoms with Crippen LogP contribution in [0.15, 0.2) is 522 Å². The van der Waals surface area contributed by atoms with Gasteiger partial charge in [-0.2, -0.15) is 0 Å². The molecule has 0 unspecified atom stereocenters. The van der Waals surface area contributed by atoms with Crippen molar-refractivity contribution in [2.45, 2.75) is 19.3 Å². The van der Waals surface area contributed by atoms with E-state index < -0.39 is 0 Å². The summed E-state index contributed by atoms with van der Waals surface area (Å²) in [4.78, 5) is 25.0. The Hall–Kier alpha value is -19.7. The van der Waals surface area contributed by atoms with Crippen LogP contribution in [0.4, 0.5) is 0 Å². The fourth-order valence-corrected chi connectivity index (χ4v) is 24.3. The van der Waals surface area contributed by atoms with Crippen molar-refractivity contribution in [3.05, 3.63) is 533 Å². The Kier molecular flexibility index (Phi) is 20.5. The first kappa shape index (κ1) is 87.0. The van der Waals surface area contributed by atoms with Crippen molar-refractivity contribution in [1.82, 2.24) is 38.6 Å². The molecule has 0 N–H and O–H groups in total. The molecule has 8 nitrogen and oxygen atoms in total. The number of nitrogens with zero attached hydrogens (tertiary/aromatic N) is 8. The van der Waals surface area contributed by atoms with E-state index in [1.165, 1.54) is 213 Å². The zero-order valence-electron chi connectivity index (χ0n) is 82.2. The van der Waals surface area contributed by atoms with Gasteiger partial charge in [0.15, 0.2) is 23.3 Å². The maximum absolute atomic E-state index is 5.08. The van der Waals surface area contributed by atoms with E-state index in [1.54, 1.807) is 0 Å². The Balaban J connectivity index is 0.000000106. The van der Waals surface area contributed by atoms with Gasteiger partial charge in [0.2, 0.25) is 0 Å². The second-order valence-electron chi connectivity index (χ2n) is 39.8. The molecule has 700 valence electrons. The maximum Gasteiger partial charge on any atom is 0.164 e. The Morgan fingerprint density at radius 2 is 0.453 bits per heavy atom. The van der Waals surface area contributed by atoms with Gasteiger partial charge in [-0.05, 0) is 206 Å². The summed E-state index contributed by atoms with van der Waals surface area (Å²) in [5.41, 5.74) is 28.9. The first-order chi connectivity index (χ1) is 74.2. The summed E-state index contributed by atoms with van der Waals surface area (Å²) < 4.78 is 7.36. The molecule has 25 aromatic carbocycles. The van der Waals surface area contributed by atoms with Gasteiger partial charge in [-0.1, -0.05) is 438 Å². The molecule has 0 bridgehead atoms. The summed E-state index contributed by atoms with van der Waals surface area (Å²) in [5, 5.41) is 30.5. The highest BCUT2D eigenvalue weighted by Gasteiger charge is 2.36. The van der Waals surface area contributed by atoms with Crippen LogP contribution in [-0.2, 0) is 5.41 Å².